The van der Waals surface area contributed by atoms with Gasteiger partial charge in [0.1, 0.15) is 12.4 Å². The average Bonchev–Trinajstić information content (AvgIpc) is 3.53. The third-order valence-corrected chi connectivity index (χ3v) is 4.33. The molecule has 29 heavy (non-hydrogen) atoms. The highest BCUT2D eigenvalue weighted by Gasteiger charge is 2.28. The first-order chi connectivity index (χ1) is 13.6. The Morgan fingerprint density at radius 1 is 1.14 bits per heavy atom. The van der Waals surface area contributed by atoms with Crippen molar-refractivity contribution >= 4 is 35.8 Å². The molecule has 0 spiro atoms. The minimum Gasteiger partial charge on any atom is -0.491 e. The van der Waals surface area contributed by atoms with Crippen LogP contribution in [0.15, 0.2) is 23.2 Å². The summed E-state index contributed by atoms with van der Waals surface area (Å²) in [5.41, 5.74) is 2.18. The molecule has 0 heterocycles. The summed E-state index contributed by atoms with van der Waals surface area (Å²) in [6, 6.07) is 6.15. The van der Waals surface area contributed by atoms with E-state index in [1.54, 1.807) is 0 Å². The van der Waals surface area contributed by atoms with Crippen molar-refractivity contribution < 1.29 is 14.3 Å². The van der Waals surface area contributed by atoms with Crippen LogP contribution in [-0.4, -0.2) is 51.3 Å². The lowest BCUT2D eigenvalue weighted by Crippen LogP contribution is -2.41. The predicted molar refractivity (Wildman–Crippen MR) is 127 cm³/mol. The lowest BCUT2D eigenvalue weighted by molar-refractivity contribution is -0.122. The molecular weight excluding hydrogens is 483 g/mol. The standard InChI is InChI=1S/C21H34N4O3.HI/c1-4-22-21(24-11-10-23-20(26)17-8-9-17)25-15-18-7-6-16(3)14-19(18)28-13-12-27-5-2;/h6-7,14,17H,4-5,8-13,15H2,1-3H3,(H,23,26)(H2,22,24,25);1H. The summed E-state index contributed by atoms with van der Waals surface area (Å²) >= 11 is 0. The molecule has 0 unspecified atom stereocenters. The summed E-state index contributed by atoms with van der Waals surface area (Å²) in [5.74, 6) is 1.97. The van der Waals surface area contributed by atoms with Crippen molar-refractivity contribution in [2.45, 2.75) is 40.2 Å². The number of nitrogens with one attached hydrogen (secondary N) is 3. The number of guanidine groups is 1. The molecular formula is C21H35IN4O3. The van der Waals surface area contributed by atoms with Crippen LogP contribution in [0, 0.1) is 12.8 Å². The second-order valence-corrected chi connectivity index (χ2v) is 6.84. The van der Waals surface area contributed by atoms with Crippen molar-refractivity contribution in [2.24, 2.45) is 10.9 Å². The summed E-state index contributed by atoms with van der Waals surface area (Å²) in [7, 11) is 0. The molecule has 0 saturated heterocycles. The van der Waals surface area contributed by atoms with Gasteiger partial charge in [-0.2, -0.15) is 0 Å². The maximum atomic E-state index is 11.7. The molecule has 1 saturated carbocycles. The highest BCUT2D eigenvalue weighted by molar-refractivity contribution is 14.0. The molecule has 8 heteroatoms. The van der Waals surface area contributed by atoms with E-state index in [1.165, 1.54) is 0 Å². The van der Waals surface area contributed by atoms with E-state index in [-0.39, 0.29) is 35.8 Å². The maximum absolute atomic E-state index is 11.7. The highest BCUT2D eigenvalue weighted by Crippen LogP contribution is 2.28. The molecule has 1 amide bonds. The van der Waals surface area contributed by atoms with Gasteiger partial charge in [-0.05, 0) is 45.2 Å². The minimum absolute atomic E-state index is 0. The average molecular weight is 518 g/mol. The van der Waals surface area contributed by atoms with E-state index >= 15 is 0 Å². The van der Waals surface area contributed by atoms with Gasteiger partial charge in [0.05, 0.1) is 13.2 Å². The fourth-order valence-corrected chi connectivity index (χ4v) is 2.64. The highest BCUT2D eigenvalue weighted by atomic mass is 127. The Labute approximate surface area is 191 Å². The minimum atomic E-state index is 0. The largest absolute Gasteiger partial charge is 0.491 e. The zero-order chi connectivity index (χ0) is 20.2. The number of carbonyl (C=O) groups excluding carboxylic acids is 1. The van der Waals surface area contributed by atoms with E-state index in [0.717, 1.165) is 42.2 Å². The van der Waals surface area contributed by atoms with Crippen LogP contribution in [0.2, 0.25) is 0 Å². The van der Waals surface area contributed by atoms with Crippen LogP contribution < -0.4 is 20.7 Å². The van der Waals surface area contributed by atoms with Crippen molar-refractivity contribution in [3.63, 3.8) is 0 Å². The van der Waals surface area contributed by atoms with Gasteiger partial charge in [0, 0.05) is 37.7 Å². The van der Waals surface area contributed by atoms with Gasteiger partial charge in [-0.3, -0.25) is 4.79 Å². The molecule has 7 nitrogen and oxygen atoms in total. The molecule has 0 atom stereocenters. The fraction of sp³-hybridized carbons (Fsp3) is 0.619. The van der Waals surface area contributed by atoms with Crippen LogP contribution in [-0.2, 0) is 16.1 Å². The molecule has 1 aromatic rings. The van der Waals surface area contributed by atoms with E-state index < -0.39 is 0 Å². The number of benzene rings is 1. The normalized spacial score (nSPS) is 13.4. The molecule has 0 radical (unpaired) electrons. The zero-order valence-corrected chi connectivity index (χ0v) is 20.1. The molecule has 1 aromatic carbocycles. The summed E-state index contributed by atoms with van der Waals surface area (Å²) < 4.78 is 11.2. The number of halogens is 1. The van der Waals surface area contributed by atoms with Crippen molar-refractivity contribution in [3.05, 3.63) is 29.3 Å². The van der Waals surface area contributed by atoms with Crippen LogP contribution in [0.5, 0.6) is 5.75 Å². The summed E-state index contributed by atoms with van der Waals surface area (Å²) in [6.07, 6.45) is 2.05. The van der Waals surface area contributed by atoms with Gasteiger partial charge in [0.15, 0.2) is 5.96 Å². The lowest BCUT2D eigenvalue weighted by atomic mass is 10.1. The van der Waals surface area contributed by atoms with Gasteiger partial charge in [-0.25, -0.2) is 4.99 Å². The van der Waals surface area contributed by atoms with Crippen molar-refractivity contribution in [2.75, 3.05) is 39.5 Å². The number of aryl methyl sites for hydroxylation is 1. The Hall–Kier alpha value is -1.55. The van der Waals surface area contributed by atoms with Crippen molar-refractivity contribution in [3.8, 4) is 5.75 Å². The summed E-state index contributed by atoms with van der Waals surface area (Å²) in [5, 5.41) is 9.44. The van der Waals surface area contributed by atoms with Gasteiger partial charge >= 0.3 is 0 Å². The van der Waals surface area contributed by atoms with E-state index in [0.29, 0.717) is 39.5 Å². The van der Waals surface area contributed by atoms with E-state index in [1.807, 2.05) is 32.9 Å². The maximum Gasteiger partial charge on any atom is 0.223 e. The van der Waals surface area contributed by atoms with Gasteiger partial charge in [-0.15, -0.1) is 24.0 Å². The summed E-state index contributed by atoms with van der Waals surface area (Å²) in [6.45, 7) is 10.3. The molecule has 164 valence electrons. The molecule has 0 aromatic heterocycles. The SMILES string of the molecule is CCNC(=NCc1ccc(C)cc1OCCOCC)NCCNC(=O)C1CC1.I. The number of rotatable bonds is 12. The van der Waals surface area contributed by atoms with E-state index in [9.17, 15) is 4.79 Å². The van der Waals surface area contributed by atoms with Crippen LogP contribution in [0.4, 0.5) is 0 Å². The smallest absolute Gasteiger partial charge is 0.223 e. The monoisotopic (exact) mass is 518 g/mol. The van der Waals surface area contributed by atoms with Crippen LogP contribution in [0.1, 0.15) is 37.8 Å². The lowest BCUT2D eigenvalue weighted by Gasteiger charge is -2.14. The van der Waals surface area contributed by atoms with Gasteiger partial charge in [-0.1, -0.05) is 12.1 Å². The Morgan fingerprint density at radius 3 is 2.59 bits per heavy atom. The second-order valence-electron chi connectivity index (χ2n) is 6.84. The summed E-state index contributed by atoms with van der Waals surface area (Å²) in [4.78, 5) is 16.3. The third kappa shape index (κ3) is 10.2. The van der Waals surface area contributed by atoms with Crippen LogP contribution in [0.3, 0.4) is 0 Å². The first-order valence-electron chi connectivity index (χ1n) is 10.2. The number of amides is 1. The fourth-order valence-electron chi connectivity index (χ4n) is 2.64. The molecule has 0 aliphatic heterocycles. The molecule has 1 aliphatic rings. The van der Waals surface area contributed by atoms with Gasteiger partial charge < -0.3 is 25.4 Å². The number of nitrogens with zero attached hydrogens (tertiary/aromatic N) is 1. The number of hydrogen-bond donors (Lipinski definition) is 3. The van der Waals surface area contributed by atoms with Gasteiger partial charge in [0.25, 0.3) is 0 Å². The number of carbonyl (C=O) groups is 1. The van der Waals surface area contributed by atoms with E-state index in [4.69, 9.17) is 9.47 Å². The second kappa shape index (κ2) is 14.4. The zero-order valence-electron chi connectivity index (χ0n) is 17.8. The van der Waals surface area contributed by atoms with Crippen LogP contribution >= 0.6 is 24.0 Å². The third-order valence-electron chi connectivity index (χ3n) is 4.33. The molecule has 1 fully saturated rings. The first-order valence-corrected chi connectivity index (χ1v) is 10.2. The number of hydrogen-bond acceptors (Lipinski definition) is 4. The van der Waals surface area contributed by atoms with Gasteiger partial charge in [0.2, 0.25) is 5.91 Å². The Bertz CT molecular complexity index is 651. The quantitative estimate of drug-likeness (QED) is 0.172. The molecule has 3 N–H and O–H groups in total. The Kier molecular flexibility index (Phi) is 12.7. The van der Waals surface area contributed by atoms with Crippen molar-refractivity contribution in [1.29, 1.82) is 0 Å². The molecule has 1 aliphatic carbocycles. The van der Waals surface area contributed by atoms with Crippen LogP contribution in [0.25, 0.3) is 0 Å². The predicted octanol–water partition coefficient (Wildman–Crippen LogP) is 2.61. The Morgan fingerprint density at radius 2 is 1.90 bits per heavy atom. The number of ether oxygens (including phenoxy) is 2. The number of aliphatic imine (C=N–C) groups is 1. The first kappa shape index (κ1) is 25.5. The van der Waals surface area contributed by atoms with E-state index in [2.05, 4.69) is 27.0 Å². The molecule has 2 rings (SSSR count). The topological polar surface area (TPSA) is 84.0 Å². The Balaban J connectivity index is 0.00000420. The van der Waals surface area contributed by atoms with Crippen molar-refractivity contribution in [1.82, 2.24) is 16.0 Å². The molecule has 0 bridgehead atoms.